The molecule has 0 unspecified atom stereocenters. The highest BCUT2D eigenvalue weighted by Gasteiger charge is 2.68. The van der Waals surface area contributed by atoms with Gasteiger partial charge in [0, 0.05) is 31.7 Å². The Balaban J connectivity index is 1.62. The summed E-state index contributed by atoms with van der Waals surface area (Å²) in [6, 6.07) is 3.06. The topological polar surface area (TPSA) is 40.6 Å². The van der Waals surface area contributed by atoms with Crippen LogP contribution in [0.15, 0.2) is 18.2 Å². The van der Waals surface area contributed by atoms with Gasteiger partial charge in [0.1, 0.15) is 4.33 Å². The minimum atomic E-state index is -1.06. The Morgan fingerprint density at radius 1 is 1.04 bits per heavy atom. The molecular formula is C16H16Cl2F2N2O2. The van der Waals surface area contributed by atoms with E-state index in [0.29, 0.717) is 32.6 Å². The van der Waals surface area contributed by atoms with Gasteiger partial charge >= 0.3 is 0 Å². The molecule has 1 saturated heterocycles. The fraction of sp³-hybridized carbons (Fsp3) is 0.500. The zero-order valence-corrected chi connectivity index (χ0v) is 14.5. The van der Waals surface area contributed by atoms with Crippen molar-refractivity contribution in [2.24, 2.45) is 5.41 Å². The van der Waals surface area contributed by atoms with Crippen molar-refractivity contribution in [2.45, 2.75) is 17.7 Å². The predicted octanol–water partition coefficient (Wildman–Crippen LogP) is 2.83. The van der Waals surface area contributed by atoms with Crippen molar-refractivity contribution in [3.63, 3.8) is 0 Å². The van der Waals surface area contributed by atoms with Gasteiger partial charge in [-0.2, -0.15) is 0 Å². The van der Waals surface area contributed by atoms with Crippen LogP contribution in [-0.2, 0) is 4.79 Å². The lowest BCUT2D eigenvalue weighted by molar-refractivity contribution is -0.137. The second kappa shape index (κ2) is 5.85. The van der Waals surface area contributed by atoms with E-state index in [-0.39, 0.29) is 17.4 Å². The largest absolute Gasteiger partial charge is 0.339 e. The molecule has 8 heteroatoms. The highest BCUT2D eigenvalue weighted by molar-refractivity contribution is 6.53. The third kappa shape index (κ3) is 2.86. The summed E-state index contributed by atoms with van der Waals surface area (Å²) < 4.78 is 25.2. The first-order valence-electron chi connectivity index (χ1n) is 7.57. The second-order valence-electron chi connectivity index (χ2n) is 6.43. The number of alkyl halides is 2. The molecule has 0 bridgehead atoms. The minimum absolute atomic E-state index is 0.0864. The first kappa shape index (κ1) is 17.4. The first-order chi connectivity index (χ1) is 11.2. The Labute approximate surface area is 148 Å². The first-order valence-corrected chi connectivity index (χ1v) is 8.33. The van der Waals surface area contributed by atoms with E-state index < -0.39 is 21.4 Å². The molecule has 2 aliphatic rings. The second-order valence-corrected chi connectivity index (χ2v) is 7.91. The van der Waals surface area contributed by atoms with Crippen molar-refractivity contribution in [3.05, 3.63) is 35.4 Å². The Hall–Kier alpha value is -1.40. The smallest absolute Gasteiger partial charge is 0.254 e. The molecule has 1 aromatic carbocycles. The van der Waals surface area contributed by atoms with E-state index in [2.05, 4.69) is 0 Å². The van der Waals surface area contributed by atoms with Gasteiger partial charge in [-0.15, -0.1) is 23.2 Å². The van der Waals surface area contributed by atoms with Crippen LogP contribution in [0.4, 0.5) is 8.78 Å². The number of hydrogen-bond acceptors (Lipinski definition) is 2. The minimum Gasteiger partial charge on any atom is -0.339 e. The molecule has 2 fully saturated rings. The quantitative estimate of drug-likeness (QED) is 0.744. The lowest BCUT2D eigenvalue weighted by atomic mass is 10.1. The zero-order valence-electron chi connectivity index (χ0n) is 13.0. The van der Waals surface area contributed by atoms with Gasteiger partial charge in [0.2, 0.25) is 5.91 Å². The molecule has 2 amide bonds. The van der Waals surface area contributed by atoms with Gasteiger partial charge in [-0.25, -0.2) is 8.78 Å². The molecule has 1 aliphatic heterocycles. The van der Waals surface area contributed by atoms with Crippen LogP contribution >= 0.6 is 23.2 Å². The van der Waals surface area contributed by atoms with Crippen molar-refractivity contribution < 1.29 is 18.4 Å². The number of nitrogens with zero attached hydrogens (tertiary/aromatic N) is 2. The van der Waals surface area contributed by atoms with Gasteiger partial charge in [-0.1, -0.05) is 0 Å². The van der Waals surface area contributed by atoms with E-state index in [4.69, 9.17) is 23.2 Å². The van der Waals surface area contributed by atoms with Crippen LogP contribution in [0.3, 0.4) is 0 Å². The van der Waals surface area contributed by atoms with Crippen molar-refractivity contribution in [1.82, 2.24) is 9.80 Å². The number of amides is 2. The van der Waals surface area contributed by atoms with Crippen molar-refractivity contribution >= 4 is 35.0 Å². The van der Waals surface area contributed by atoms with E-state index in [1.807, 2.05) is 0 Å². The number of halogens is 4. The maximum atomic E-state index is 13.3. The van der Waals surface area contributed by atoms with Crippen molar-refractivity contribution in [3.8, 4) is 0 Å². The lowest BCUT2D eigenvalue weighted by Crippen LogP contribution is -2.52. The highest BCUT2D eigenvalue weighted by atomic mass is 35.5. The summed E-state index contributed by atoms with van der Waals surface area (Å²) in [5.74, 6) is -2.56. The molecule has 1 saturated carbocycles. The van der Waals surface area contributed by atoms with Crippen LogP contribution in [0, 0.1) is 17.0 Å². The highest BCUT2D eigenvalue weighted by Crippen LogP contribution is 2.64. The summed E-state index contributed by atoms with van der Waals surface area (Å²) in [5, 5.41) is 0. The lowest BCUT2D eigenvalue weighted by Gasteiger charge is -2.36. The van der Waals surface area contributed by atoms with Gasteiger partial charge in [-0.05, 0) is 31.5 Å². The number of carbonyl (C=O) groups excluding carboxylic acids is 2. The van der Waals surface area contributed by atoms with E-state index in [9.17, 15) is 18.4 Å². The molecule has 1 aliphatic carbocycles. The Bertz CT molecular complexity index is 705. The normalized spacial score (nSPS) is 25.5. The Morgan fingerprint density at radius 3 is 2.08 bits per heavy atom. The number of benzene rings is 1. The van der Waals surface area contributed by atoms with Crippen LogP contribution in [0.25, 0.3) is 0 Å². The third-order valence-electron chi connectivity index (χ3n) is 4.75. The number of rotatable bonds is 2. The maximum absolute atomic E-state index is 13.3. The summed E-state index contributed by atoms with van der Waals surface area (Å²) in [6.45, 7) is 3.07. The predicted molar refractivity (Wildman–Crippen MR) is 86.0 cm³/mol. The van der Waals surface area contributed by atoms with E-state index >= 15 is 0 Å². The summed E-state index contributed by atoms with van der Waals surface area (Å²) in [5.41, 5.74) is -0.689. The molecular weight excluding hydrogens is 361 g/mol. The summed E-state index contributed by atoms with van der Waals surface area (Å²) in [4.78, 5) is 28.0. The zero-order chi connectivity index (χ0) is 17.7. The van der Waals surface area contributed by atoms with Crippen LogP contribution in [0.5, 0.6) is 0 Å². The summed E-state index contributed by atoms with van der Waals surface area (Å²) in [6.07, 6.45) is 0.413. The standard InChI is InChI=1S/C16H16Cl2F2N2O2/c1-15(9-16(15,17)18)14(24)22-6-4-21(5-7-22)13(23)10-2-3-11(19)12(20)8-10/h2-3,8H,4-7,9H2,1H3/t15-/m1/s1. The molecule has 0 radical (unpaired) electrons. The summed E-state index contributed by atoms with van der Waals surface area (Å²) >= 11 is 12.1. The SMILES string of the molecule is C[C@]1(C(=O)N2CCN(C(=O)c3ccc(F)c(F)c3)CC2)CC1(Cl)Cl. The van der Waals surface area contributed by atoms with E-state index in [0.717, 1.165) is 12.1 Å². The number of carbonyl (C=O) groups is 2. The molecule has 130 valence electrons. The average molecular weight is 377 g/mol. The van der Waals surface area contributed by atoms with Gasteiger partial charge in [0.25, 0.3) is 5.91 Å². The van der Waals surface area contributed by atoms with Crippen LogP contribution in [-0.4, -0.2) is 52.1 Å². The molecule has 0 N–H and O–H groups in total. The van der Waals surface area contributed by atoms with Gasteiger partial charge < -0.3 is 9.80 Å². The summed E-state index contributed by atoms with van der Waals surface area (Å²) in [7, 11) is 0. The maximum Gasteiger partial charge on any atom is 0.254 e. The fourth-order valence-corrected chi connectivity index (χ4v) is 3.60. The van der Waals surface area contributed by atoms with Gasteiger partial charge in [0.15, 0.2) is 11.6 Å². The Morgan fingerprint density at radius 2 is 1.58 bits per heavy atom. The molecule has 4 nitrogen and oxygen atoms in total. The number of hydrogen-bond donors (Lipinski definition) is 0. The van der Waals surface area contributed by atoms with Crippen molar-refractivity contribution in [1.29, 1.82) is 0 Å². The van der Waals surface area contributed by atoms with Crippen molar-refractivity contribution in [2.75, 3.05) is 26.2 Å². The van der Waals surface area contributed by atoms with Gasteiger partial charge in [-0.3, -0.25) is 9.59 Å². The molecule has 1 atom stereocenters. The van der Waals surface area contributed by atoms with Gasteiger partial charge in [0.05, 0.1) is 5.41 Å². The van der Waals surface area contributed by atoms with E-state index in [1.54, 1.807) is 11.8 Å². The molecule has 1 aromatic rings. The molecule has 1 heterocycles. The molecule has 3 rings (SSSR count). The molecule has 0 aromatic heterocycles. The third-order valence-corrected chi connectivity index (χ3v) is 5.85. The fourth-order valence-electron chi connectivity index (χ4n) is 2.91. The van der Waals surface area contributed by atoms with Crippen LogP contribution in [0.1, 0.15) is 23.7 Å². The Kier molecular flexibility index (Phi) is 4.24. The monoisotopic (exact) mass is 376 g/mol. The van der Waals surface area contributed by atoms with Crippen LogP contribution < -0.4 is 0 Å². The van der Waals surface area contributed by atoms with E-state index in [1.165, 1.54) is 11.0 Å². The molecule has 24 heavy (non-hydrogen) atoms. The van der Waals surface area contributed by atoms with Crippen LogP contribution in [0.2, 0.25) is 0 Å². The average Bonchev–Trinajstić information content (AvgIpc) is 3.08. The molecule has 0 spiro atoms. The number of piperazine rings is 1.